The van der Waals surface area contributed by atoms with Crippen LogP contribution in [-0.2, 0) is 7.05 Å². The van der Waals surface area contributed by atoms with Crippen molar-refractivity contribution in [3.05, 3.63) is 59.3 Å². The van der Waals surface area contributed by atoms with Crippen molar-refractivity contribution >= 4 is 12.2 Å². The SMILES string of the molecule is Cc1nn(C)cc1-c1ncc(F)c(OC2CN(C(=O)N3N=CCC3c3cc(F)cc(F)c3)C2)n1. The summed E-state index contributed by atoms with van der Waals surface area (Å²) in [5.74, 6) is -2.09. The lowest BCUT2D eigenvalue weighted by Crippen LogP contribution is -2.59. The Morgan fingerprint density at radius 2 is 1.88 bits per heavy atom. The van der Waals surface area contributed by atoms with Gasteiger partial charge in [0.25, 0.3) is 5.88 Å². The number of nitrogens with zero attached hydrogens (tertiary/aromatic N) is 7. The molecule has 1 unspecified atom stereocenters. The molecule has 9 nitrogen and oxygen atoms in total. The average Bonchev–Trinajstić information content (AvgIpc) is 3.37. The van der Waals surface area contributed by atoms with Crippen LogP contribution in [0.25, 0.3) is 11.4 Å². The fourth-order valence-electron chi connectivity index (χ4n) is 4.00. The maximum atomic E-state index is 14.3. The van der Waals surface area contributed by atoms with Crippen LogP contribution < -0.4 is 4.74 Å². The molecule has 2 amide bonds. The normalized spacial score (nSPS) is 17.9. The first-order valence-electron chi connectivity index (χ1n) is 10.5. The van der Waals surface area contributed by atoms with E-state index in [4.69, 9.17) is 4.74 Å². The van der Waals surface area contributed by atoms with Crippen LogP contribution in [0.5, 0.6) is 5.88 Å². The minimum Gasteiger partial charge on any atom is -0.468 e. The first kappa shape index (κ1) is 21.9. The molecule has 0 N–H and O–H groups in total. The zero-order chi connectivity index (χ0) is 24.0. The Morgan fingerprint density at radius 3 is 2.56 bits per heavy atom. The van der Waals surface area contributed by atoms with Gasteiger partial charge in [-0.05, 0) is 24.6 Å². The molecule has 5 rings (SSSR count). The van der Waals surface area contributed by atoms with Crippen molar-refractivity contribution in [2.24, 2.45) is 12.1 Å². The zero-order valence-corrected chi connectivity index (χ0v) is 18.3. The van der Waals surface area contributed by atoms with Gasteiger partial charge in [-0.3, -0.25) is 4.68 Å². The predicted octanol–water partition coefficient (Wildman–Crippen LogP) is 3.22. The predicted molar refractivity (Wildman–Crippen MR) is 114 cm³/mol. The average molecular weight is 471 g/mol. The molecule has 0 bridgehead atoms. The number of amides is 2. The van der Waals surface area contributed by atoms with Gasteiger partial charge in [-0.25, -0.2) is 23.6 Å². The smallest absolute Gasteiger partial charge is 0.341 e. The summed E-state index contributed by atoms with van der Waals surface area (Å²) in [6.07, 6.45) is 4.15. The van der Waals surface area contributed by atoms with E-state index in [1.54, 1.807) is 24.9 Å². The Kier molecular flexibility index (Phi) is 5.42. The second-order valence-electron chi connectivity index (χ2n) is 8.17. The van der Waals surface area contributed by atoms with Crippen molar-refractivity contribution < 1.29 is 22.7 Å². The van der Waals surface area contributed by atoms with Crippen LogP contribution in [0.3, 0.4) is 0 Å². The molecule has 0 aliphatic carbocycles. The van der Waals surface area contributed by atoms with E-state index in [0.29, 0.717) is 23.2 Å². The number of urea groups is 1. The molecular weight excluding hydrogens is 451 g/mol. The van der Waals surface area contributed by atoms with Crippen molar-refractivity contribution in [2.75, 3.05) is 13.1 Å². The lowest BCUT2D eigenvalue weighted by Gasteiger charge is -2.40. The molecule has 4 heterocycles. The Balaban J connectivity index is 1.24. The third-order valence-corrected chi connectivity index (χ3v) is 5.66. The molecule has 1 aromatic carbocycles. The molecule has 3 aromatic rings. The summed E-state index contributed by atoms with van der Waals surface area (Å²) in [5.41, 5.74) is 1.67. The van der Waals surface area contributed by atoms with Crippen LogP contribution in [0.15, 0.2) is 35.7 Å². The van der Waals surface area contributed by atoms with Gasteiger partial charge in [-0.15, -0.1) is 0 Å². The summed E-state index contributed by atoms with van der Waals surface area (Å²) in [4.78, 5) is 22.6. The molecule has 0 saturated carbocycles. The van der Waals surface area contributed by atoms with E-state index in [-0.39, 0.29) is 24.8 Å². The number of hydrogen-bond acceptors (Lipinski definition) is 6. The summed E-state index contributed by atoms with van der Waals surface area (Å²) in [6, 6.07) is 2.10. The summed E-state index contributed by atoms with van der Waals surface area (Å²) in [5, 5.41) is 9.50. The lowest BCUT2D eigenvalue weighted by molar-refractivity contribution is 0.0230. The molecule has 2 aliphatic heterocycles. The number of aromatic nitrogens is 4. The van der Waals surface area contributed by atoms with Gasteiger partial charge in [0.2, 0.25) is 5.82 Å². The summed E-state index contributed by atoms with van der Waals surface area (Å²) in [6.45, 7) is 2.16. The summed E-state index contributed by atoms with van der Waals surface area (Å²) < 4.78 is 48.8. The second kappa shape index (κ2) is 8.43. The molecule has 34 heavy (non-hydrogen) atoms. The van der Waals surface area contributed by atoms with Gasteiger partial charge in [0.15, 0.2) is 5.82 Å². The molecule has 12 heteroatoms. The third kappa shape index (κ3) is 4.06. The highest BCUT2D eigenvalue weighted by Gasteiger charge is 2.39. The van der Waals surface area contributed by atoms with E-state index in [0.717, 1.165) is 12.3 Å². The van der Waals surface area contributed by atoms with Gasteiger partial charge >= 0.3 is 6.03 Å². The highest BCUT2D eigenvalue weighted by atomic mass is 19.1. The maximum absolute atomic E-state index is 14.3. The number of hydrazone groups is 1. The highest BCUT2D eigenvalue weighted by Crippen LogP contribution is 2.32. The molecule has 0 radical (unpaired) electrons. The molecule has 1 atom stereocenters. The largest absolute Gasteiger partial charge is 0.468 e. The number of benzene rings is 1. The molecule has 2 aliphatic rings. The molecular formula is C22H20F3N7O2. The van der Waals surface area contributed by atoms with Crippen molar-refractivity contribution in [3.8, 4) is 17.3 Å². The number of hydrogen-bond donors (Lipinski definition) is 0. The number of carbonyl (C=O) groups is 1. The number of halogens is 3. The lowest BCUT2D eigenvalue weighted by atomic mass is 10.0. The van der Waals surface area contributed by atoms with Crippen LogP contribution in [-0.4, -0.2) is 61.1 Å². The van der Waals surface area contributed by atoms with E-state index < -0.39 is 35.6 Å². The van der Waals surface area contributed by atoms with Crippen molar-refractivity contribution in [2.45, 2.75) is 25.5 Å². The van der Waals surface area contributed by atoms with Gasteiger partial charge in [0, 0.05) is 31.9 Å². The fourth-order valence-corrected chi connectivity index (χ4v) is 4.00. The van der Waals surface area contributed by atoms with Crippen LogP contribution in [0.2, 0.25) is 0 Å². The minimum atomic E-state index is -0.723. The summed E-state index contributed by atoms with van der Waals surface area (Å²) in [7, 11) is 1.76. The quantitative estimate of drug-likeness (QED) is 0.583. The van der Waals surface area contributed by atoms with Crippen LogP contribution in [0, 0.1) is 24.4 Å². The summed E-state index contributed by atoms with van der Waals surface area (Å²) >= 11 is 0. The van der Waals surface area contributed by atoms with Crippen molar-refractivity contribution in [1.29, 1.82) is 0 Å². The van der Waals surface area contributed by atoms with E-state index in [9.17, 15) is 18.0 Å². The second-order valence-corrected chi connectivity index (χ2v) is 8.17. The number of aryl methyl sites for hydroxylation is 2. The number of likely N-dealkylation sites (tertiary alicyclic amines) is 1. The van der Waals surface area contributed by atoms with Gasteiger partial charge in [-0.1, -0.05) is 0 Å². The number of carbonyl (C=O) groups excluding carboxylic acids is 1. The maximum Gasteiger partial charge on any atom is 0.341 e. The van der Waals surface area contributed by atoms with Gasteiger partial charge < -0.3 is 9.64 Å². The molecule has 176 valence electrons. The Labute approximate surface area is 192 Å². The number of rotatable bonds is 4. The Hall–Kier alpha value is -3.96. The van der Waals surface area contributed by atoms with Gasteiger partial charge in [0.1, 0.15) is 17.7 Å². The molecule has 1 saturated heterocycles. The van der Waals surface area contributed by atoms with Crippen molar-refractivity contribution in [1.82, 2.24) is 29.7 Å². The zero-order valence-electron chi connectivity index (χ0n) is 18.3. The van der Waals surface area contributed by atoms with E-state index in [1.807, 2.05) is 0 Å². The monoisotopic (exact) mass is 471 g/mol. The minimum absolute atomic E-state index is 0.180. The first-order valence-corrected chi connectivity index (χ1v) is 10.5. The molecule has 2 aromatic heterocycles. The highest BCUT2D eigenvalue weighted by molar-refractivity contribution is 5.79. The van der Waals surface area contributed by atoms with Crippen molar-refractivity contribution in [3.63, 3.8) is 0 Å². The fraction of sp³-hybridized carbons (Fsp3) is 0.318. The Morgan fingerprint density at radius 1 is 1.15 bits per heavy atom. The van der Waals surface area contributed by atoms with Crippen LogP contribution in [0.4, 0.5) is 18.0 Å². The van der Waals surface area contributed by atoms with E-state index in [2.05, 4.69) is 20.2 Å². The van der Waals surface area contributed by atoms with Crippen LogP contribution in [0.1, 0.15) is 23.7 Å². The topological polar surface area (TPSA) is 88.7 Å². The number of ether oxygens (including phenoxy) is 1. The van der Waals surface area contributed by atoms with Gasteiger partial charge in [-0.2, -0.15) is 19.6 Å². The molecule has 1 fully saturated rings. The van der Waals surface area contributed by atoms with E-state index in [1.165, 1.54) is 28.3 Å². The first-order chi connectivity index (χ1) is 16.3. The standard InChI is InChI=1S/C22H20F3N7O2/c1-12-17(11-30(2)29-12)20-26-8-18(25)21(28-20)34-16-9-31(10-16)22(33)32-19(3-4-27-32)13-5-14(23)7-15(24)6-13/h4-8,11,16,19H,3,9-10H2,1-2H3. The van der Waals surface area contributed by atoms with Gasteiger partial charge in [0.05, 0.1) is 36.6 Å². The van der Waals surface area contributed by atoms with Crippen LogP contribution >= 0.6 is 0 Å². The molecule has 0 spiro atoms. The Bertz CT molecular complexity index is 1270. The third-order valence-electron chi connectivity index (χ3n) is 5.66. The van der Waals surface area contributed by atoms with E-state index >= 15 is 0 Å².